The molecule has 0 aliphatic carbocycles. The van der Waals surface area contributed by atoms with E-state index in [0.29, 0.717) is 36.1 Å². The standard InChI is InChI=1S/C28H32N12O18S6.6Na/c41-53-56-59-11-7-29-23-35-24(30-8-12-60-57-54-42)38-28(37-23)34-20-6-4-18(22(16-20)64(50,51)52)2-1-17-3-5-19(15-21(17)61-58-55-43)33-27-39-25(31-9-13-62(44,45)46)36-26(40-27)32-10-14-63(47,48)49;;;;;;/h1-8,15-16,41-43H,9-14H2,(H,44,45,46)(H,47,48,49)(H,50,51,52)(H,34,35,37,38)(H3,31,32,33,36,39,40);;;;;;/q;6*+1/p-6/b2-1?,29-7-,30-8+;;;;;;. The van der Waals surface area contributed by atoms with Crippen LogP contribution in [0.2, 0.25) is 0 Å². The zero-order valence-corrected chi connectivity index (χ0v) is 54.3. The maximum Gasteiger partial charge on any atom is 1.00 e. The van der Waals surface area contributed by atoms with Crippen LogP contribution >= 0.6 is 36.1 Å². The van der Waals surface area contributed by atoms with Crippen molar-refractivity contribution in [3.8, 4) is 0 Å². The molecule has 4 rings (SSSR count). The number of nitrogens with one attached hydrogen (secondary N) is 4. The molecule has 0 amide bonds. The summed E-state index contributed by atoms with van der Waals surface area (Å²) in [5.74, 6) is -3.05. The Morgan fingerprint density at radius 1 is 0.557 bits per heavy atom. The fourth-order valence-corrected chi connectivity index (χ4v) is 6.73. The van der Waals surface area contributed by atoms with Crippen LogP contribution < -0.4 is 214 Å². The fraction of sp³-hybridized carbons (Fsp3) is 0.214. The first kappa shape index (κ1) is 75.4. The van der Waals surface area contributed by atoms with E-state index in [1.165, 1.54) is 54.9 Å². The van der Waals surface area contributed by atoms with E-state index in [4.69, 9.17) is 0 Å². The Morgan fingerprint density at radius 3 is 1.44 bits per heavy atom. The van der Waals surface area contributed by atoms with Gasteiger partial charge in [0.15, 0.2) is 0 Å². The zero-order chi connectivity index (χ0) is 46.6. The number of hydrogen-bond acceptors (Lipinski definition) is 33. The van der Waals surface area contributed by atoms with Crippen molar-refractivity contribution < 1.29 is 260 Å². The van der Waals surface area contributed by atoms with E-state index in [9.17, 15) is 54.7 Å². The van der Waals surface area contributed by atoms with Crippen LogP contribution in [0.25, 0.3) is 12.2 Å². The maximum atomic E-state index is 12.5. The summed E-state index contributed by atoms with van der Waals surface area (Å²) in [4.78, 5) is 31.8. The van der Waals surface area contributed by atoms with Crippen LogP contribution in [0.5, 0.6) is 0 Å². The van der Waals surface area contributed by atoms with E-state index in [1.54, 1.807) is 0 Å². The molecule has 0 saturated heterocycles. The van der Waals surface area contributed by atoms with Gasteiger partial charge in [-0.3, -0.25) is 15.1 Å². The summed E-state index contributed by atoms with van der Waals surface area (Å²) in [7, 11) is -14.4. The van der Waals surface area contributed by atoms with E-state index in [2.05, 4.69) is 89.3 Å². The van der Waals surface area contributed by atoms with Crippen LogP contribution in [0.1, 0.15) is 11.1 Å². The second-order valence-corrected chi connectivity index (χ2v) is 17.7. The number of anilines is 6. The van der Waals surface area contributed by atoms with Crippen LogP contribution in [-0.2, 0) is 58.5 Å². The van der Waals surface area contributed by atoms with E-state index < -0.39 is 59.8 Å². The molecule has 2 heterocycles. The third kappa shape index (κ3) is 30.8. The van der Waals surface area contributed by atoms with Gasteiger partial charge in [0, 0.05) is 65.9 Å². The molecule has 0 fully saturated rings. The van der Waals surface area contributed by atoms with Crippen molar-refractivity contribution in [1.82, 2.24) is 29.9 Å². The number of hydrogen-bond donors (Lipinski definition) is 4. The molecule has 0 aliphatic heterocycles. The van der Waals surface area contributed by atoms with Gasteiger partial charge in [-0.2, -0.15) is 42.9 Å². The van der Waals surface area contributed by atoms with E-state index in [1.807, 2.05) is 0 Å². The molecule has 0 atom stereocenters. The number of rotatable bonds is 28. The molecule has 42 heteroatoms. The maximum absolute atomic E-state index is 12.5. The Labute approximate surface area is 544 Å². The Hall–Kier alpha value is 1.16. The largest absolute Gasteiger partial charge is 1.00 e. The average Bonchev–Trinajstić information content (AvgIpc) is 3.21. The zero-order valence-electron chi connectivity index (χ0n) is 37.4. The minimum absolute atomic E-state index is 0. The first-order chi connectivity index (χ1) is 30.4. The van der Waals surface area contributed by atoms with Gasteiger partial charge in [-0.25, -0.2) is 35.2 Å². The molecule has 4 N–H and O–H groups in total. The normalized spacial score (nSPS) is 11.3. The van der Waals surface area contributed by atoms with Crippen LogP contribution in [0.15, 0.2) is 56.2 Å². The van der Waals surface area contributed by atoms with Gasteiger partial charge >= 0.3 is 177 Å². The molecule has 0 unspecified atom stereocenters. The van der Waals surface area contributed by atoms with Crippen molar-refractivity contribution in [1.29, 1.82) is 0 Å². The number of nitrogens with zero attached hydrogens (tertiary/aromatic N) is 8. The molecule has 30 nitrogen and oxygen atoms in total. The Kier molecular flexibility index (Phi) is 42.6. The summed E-state index contributed by atoms with van der Waals surface area (Å²) in [6.45, 7) is -0.838. The average molecular weight is 1150 g/mol. The van der Waals surface area contributed by atoms with Gasteiger partial charge in [0.05, 0.1) is 60.2 Å². The van der Waals surface area contributed by atoms with E-state index in [0.717, 1.165) is 6.07 Å². The SMILES string of the molecule is O=S(=O)([O-])CCNc1nc(NCCS(=O)(=O)[O-])nc(Nc2ccc(C=Cc3ccc(Nc4nc(/N=C\CSOO[O-])nc(/N=C/CSOO[O-])n4)cc3S(=O)(=O)[O-])c(SOO[O-])c2)n1.[Na+].[Na+].[Na+].[Na+].[Na+].[Na+]. The molecular weight excluding hydrogens is 1120 g/mol. The molecule has 0 saturated carbocycles. The van der Waals surface area contributed by atoms with Gasteiger partial charge in [0.2, 0.25) is 23.8 Å². The topological polar surface area (TPSA) is 446 Å². The summed E-state index contributed by atoms with van der Waals surface area (Å²) >= 11 is 1.61. The monoisotopic (exact) mass is 1150 g/mol. The number of aromatic nitrogens is 6. The van der Waals surface area contributed by atoms with Crippen molar-refractivity contribution in [2.75, 3.05) is 57.4 Å². The van der Waals surface area contributed by atoms with Crippen molar-refractivity contribution >= 4 is 138 Å². The summed E-state index contributed by atoms with van der Waals surface area (Å²) in [5, 5.41) is 51.2. The molecule has 70 heavy (non-hydrogen) atoms. The molecule has 2 aromatic heterocycles. The minimum Gasteiger partial charge on any atom is -0.748 e. The molecule has 4 aromatic rings. The number of benzene rings is 2. The minimum atomic E-state index is -5.16. The Bertz CT molecular complexity index is 2550. The predicted molar refractivity (Wildman–Crippen MR) is 216 cm³/mol. The van der Waals surface area contributed by atoms with Gasteiger partial charge < -0.3 is 50.7 Å². The first-order valence-corrected chi connectivity index (χ1v) is 23.7. The van der Waals surface area contributed by atoms with Crippen LogP contribution in [-0.4, -0.2) is 117 Å². The summed E-state index contributed by atoms with van der Waals surface area (Å²) in [6, 6.07) is 7.90. The quantitative estimate of drug-likeness (QED) is 0.00599. The van der Waals surface area contributed by atoms with E-state index >= 15 is 0 Å². The smallest absolute Gasteiger partial charge is 0.748 e. The van der Waals surface area contributed by atoms with Crippen LogP contribution in [0, 0.1) is 0 Å². The third-order valence-electron chi connectivity index (χ3n) is 6.77. The van der Waals surface area contributed by atoms with Gasteiger partial charge in [-0.05, 0) is 35.4 Å². The molecule has 0 radical (unpaired) electrons. The molecule has 0 spiro atoms. The Morgan fingerprint density at radius 2 is 0.986 bits per heavy atom. The van der Waals surface area contributed by atoms with Crippen molar-refractivity contribution in [2.24, 2.45) is 9.98 Å². The van der Waals surface area contributed by atoms with Gasteiger partial charge in [0.25, 0.3) is 11.9 Å². The van der Waals surface area contributed by atoms with Crippen LogP contribution in [0.3, 0.4) is 0 Å². The second kappa shape index (κ2) is 39.5. The van der Waals surface area contributed by atoms with Gasteiger partial charge in [-0.15, -0.1) is 0 Å². The second-order valence-electron chi connectivity index (χ2n) is 11.2. The van der Waals surface area contributed by atoms with Gasteiger partial charge in [-0.1, -0.05) is 24.3 Å². The molecular formula is C28H26N12Na6O18S6. The molecule has 0 aliphatic rings. The van der Waals surface area contributed by atoms with Crippen molar-refractivity contribution in [3.63, 3.8) is 0 Å². The fourth-order valence-electron chi connectivity index (χ4n) is 4.36. The molecule has 2 aromatic carbocycles. The first-order valence-electron chi connectivity index (χ1n) is 16.6. The summed E-state index contributed by atoms with van der Waals surface area (Å²) in [6.07, 6.45) is 5.11. The van der Waals surface area contributed by atoms with Crippen molar-refractivity contribution in [3.05, 3.63) is 47.5 Å². The third-order valence-corrected chi connectivity index (χ3v) is 10.6. The summed E-state index contributed by atoms with van der Waals surface area (Å²) in [5.41, 5.74) is 0.368. The predicted octanol–water partition coefficient (Wildman–Crippen LogP) is -19.1. The van der Waals surface area contributed by atoms with E-state index in [-0.39, 0.29) is 252 Å². The molecule has 0 bridgehead atoms. The Balaban J connectivity index is -0.00000748. The molecule has 348 valence electrons. The summed E-state index contributed by atoms with van der Waals surface area (Å²) < 4.78 is 117. The van der Waals surface area contributed by atoms with Gasteiger partial charge in [0.1, 0.15) is 10.1 Å². The van der Waals surface area contributed by atoms with Crippen molar-refractivity contribution in [2.45, 2.75) is 9.79 Å². The van der Waals surface area contributed by atoms with Crippen LogP contribution in [0.4, 0.5) is 47.1 Å². The number of aliphatic imine (C=N–C) groups is 2.